The number of hydrogen-bond donors (Lipinski definition) is 1. The first kappa shape index (κ1) is 11.8. The van der Waals surface area contributed by atoms with Gasteiger partial charge in [0.1, 0.15) is 0 Å². The highest BCUT2D eigenvalue weighted by atomic mass is 32.1. The highest BCUT2D eigenvalue weighted by Crippen LogP contribution is 2.13. The van der Waals surface area contributed by atoms with Crippen LogP contribution in [0.5, 0.6) is 0 Å². The van der Waals surface area contributed by atoms with Gasteiger partial charge in [-0.15, -0.1) is 0 Å². The third kappa shape index (κ3) is 7.92. The van der Waals surface area contributed by atoms with E-state index in [1.807, 2.05) is 0 Å². The number of thiol groups is 1. The second-order valence-corrected chi connectivity index (χ2v) is 3.79. The molecule has 1 unspecified atom stereocenters. The van der Waals surface area contributed by atoms with Gasteiger partial charge in [0.2, 0.25) is 0 Å². The second-order valence-electron chi connectivity index (χ2n) is 3.06. The molecular formula is C9H17O2S-. The Balaban J connectivity index is 3.19. The van der Waals surface area contributed by atoms with Crippen molar-refractivity contribution in [3.8, 4) is 0 Å². The van der Waals surface area contributed by atoms with Crippen LogP contribution in [0.3, 0.4) is 0 Å². The van der Waals surface area contributed by atoms with Crippen molar-refractivity contribution in [2.75, 3.05) is 0 Å². The standard InChI is InChI=1S/C9H18O2S/c1-2-3-5-8(12)6-4-7-9(10)11/h8,12H,2-7H2,1H3,(H,10,11)/p-1. The summed E-state index contributed by atoms with van der Waals surface area (Å²) in [7, 11) is 0. The summed E-state index contributed by atoms with van der Waals surface area (Å²) in [4.78, 5) is 10.1. The van der Waals surface area contributed by atoms with Gasteiger partial charge in [0, 0.05) is 11.2 Å². The lowest BCUT2D eigenvalue weighted by Crippen LogP contribution is -2.21. The van der Waals surface area contributed by atoms with Crippen LogP contribution in [-0.4, -0.2) is 11.2 Å². The van der Waals surface area contributed by atoms with Crippen molar-refractivity contribution in [3.05, 3.63) is 0 Å². The summed E-state index contributed by atoms with van der Waals surface area (Å²) in [5.74, 6) is -0.953. The molecule has 1 atom stereocenters. The minimum absolute atomic E-state index is 0.170. The van der Waals surface area contributed by atoms with E-state index in [1.165, 1.54) is 12.8 Å². The van der Waals surface area contributed by atoms with Crippen molar-refractivity contribution < 1.29 is 9.90 Å². The molecule has 0 rings (SSSR count). The number of hydrogen-bond acceptors (Lipinski definition) is 3. The Kier molecular flexibility index (Phi) is 7.36. The van der Waals surface area contributed by atoms with E-state index in [-0.39, 0.29) is 6.42 Å². The maximum atomic E-state index is 10.1. The first-order chi connectivity index (χ1) is 5.66. The first-order valence-corrected chi connectivity index (χ1v) is 5.06. The zero-order valence-corrected chi connectivity index (χ0v) is 8.48. The van der Waals surface area contributed by atoms with Crippen molar-refractivity contribution in [3.63, 3.8) is 0 Å². The lowest BCUT2D eigenvalue weighted by atomic mass is 10.1. The lowest BCUT2D eigenvalue weighted by molar-refractivity contribution is -0.305. The molecule has 0 bridgehead atoms. The average Bonchev–Trinajstić information content (AvgIpc) is 2.00. The maximum absolute atomic E-state index is 10.1. The summed E-state index contributed by atoms with van der Waals surface area (Å²) in [6.07, 6.45) is 5.20. The molecule has 0 heterocycles. The molecule has 0 spiro atoms. The van der Waals surface area contributed by atoms with Gasteiger partial charge in [-0.2, -0.15) is 12.6 Å². The van der Waals surface area contributed by atoms with E-state index in [1.54, 1.807) is 0 Å². The SMILES string of the molecule is CCCCC(S)CCCC(=O)[O-]. The van der Waals surface area contributed by atoms with E-state index in [0.29, 0.717) is 11.7 Å². The van der Waals surface area contributed by atoms with Crippen LogP contribution < -0.4 is 5.11 Å². The van der Waals surface area contributed by atoms with Crippen LogP contribution in [-0.2, 0) is 4.79 Å². The molecule has 0 saturated carbocycles. The summed E-state index contributed by atoms with van der Waals surface area (Å²) in [6.45, 7) is 2.14. The lowest BCUT2D eigenvalue weighted by Gasteiger charge is -2.09. The number of carboxylic acid groups (broad SMARTS) is 1. The molecule has 12 heavy (non-hydrogen) atoms. The number of unbranched alkanes of at least 4 members (excludes halogenated alkanes) is 1. The summed E-state index contributed by atoms with van der Waals surface area (Å²) in [6, 6.07) is 0. The zero-order chi connectivity index (χ0) is 9.40. The molecule has 0 aliphatic rings. The van der Waals surface area contributed by atoms with Crippen molar-refractivity contribution in [2.45, 2.75) is 50.7 Å². The Bertz CT molecular complexity index is 126. The number of rotatable bonds is 7. The predicted octanol–water partition coefficient (Wildman–Crippen LogP) is 1.40. The van der Waals surface area contributed by atoms with Gasteiger partial charge >= 0.3 is 0 Å². The number of carbonyl (C=O) groups excluding carboxylic acids is 1. The minimum atomic E-state index is -0.953. The second kappa shape index (κ2) is 7.47. The van der Waals surface area contributed by atoms with E-state index < -0.39 is 5.97 Å². The smallest absolute Gasteiger partial charge is 0.0414 e. The molecule has 0 aliphatic heterocycles. The molecule has 0 amide bonds. The Labute approximate surface area is 79.8 Å². The fourth-order valence-corrected chi connectivity index (χ4v) is 1.43. The van der Waals surface area contributed by atoms with Gasteiger partial charge in [-0.1, -0.05) is 19.8 Å². The monoisotopic (exact) mass is 189 g/mol. The maximum Gasteiger partial charge on any atom is 0.0414 e. The fourth-order valence-electron chi connectivity index (χ4n) is 1.07. The van der Waals surface area contributed by atoms with Gasteiger partial charge in [-0.05, 0) is 25.7 Å². The molecular weight excluding hydrogens is 172 g/mol. The van der Waals surface area contributed by atoms with Crippen molar-refractivity contribution in [2.24, 2.45) is 0 Å². The van der Waals surface area contributed by atoms with E-state index in [2.05, 4.69) is 19.6 Å². The Hall–Kier alpha value is -0.180. The number of carboxylic acids is 1. The van der Waals surface area contributed by atoms with Crippen LogP contribution in [0.15, 0.2) is 0 Å². The van der Waals surface area contributed by atoms with Crippen LogP contribution in [0.1, 0.15) is 45.4 Å². The molecule has 0 radical (unpaired) electrons. The van der Waals surface area contributed by atoms with Gasteiger partial charge < -0.3 is 9.90 Å². The molecule has 0 aromatic heterocycles. The summed E-state index contributed by atoms with van der Waals surface area (Å²) >= 11 is 4.35. The van der Waals surface area contributed by atoms with E-state index in [0.717, 1.165) is 12.8 Å². The summed E-state index contributed by atoms with van der Waals surface area (Å²) in [5, 5.41) is 10.4. The minimum Gasteiger partial charge on any atom is -0.550 e. The molecule has 0 N–H and O–H groups in total. The Morgan fingerprint density at radius 1 is 1.42 bits per heavy atom. The quantitative estimate of drug-likeness (QED) is 0.615. The predicted molar refractivity (Wildman–Crippen MR) is 51.2 cm³/mol. The molecule has 0 saturated heterocycles. The Morgan fingerprint density at radius 2 is 2.00 bits per heavy atom. The molecule has 0 fully saturated rings. The van der Waals surface area contributed by atoms with Crippen LogP contribution in [0.25, 0.3) is 0 Å². The summed E-state index contributed by atoms with van der Waals surface area (Å²) in [5.41, 5.74) is 0. The zero-order valence-electron chi connectivity index (χ0n) is 7.58. The molecule has 2 nitrogen and oxygen atoms in total. The van der Waals surface area contributed by atoms with Gasteiger partial charge in [-0.25, -0.2) is 0 Å². The van der Waals surface area contributed by atoms with Crippen LogP contribution in [0, 0.1) is 0 Å². The van der Waals surface area contributed by atoms with Crippen LogP contribution >= 0.6 is 12.6 Å². The van der Waals surface area contributed by atoms with Crippen molar-refractivity contribution in [1.29, 1.82) is 0 Å². The van der Waals surface area contributed by atoms with E-state index >= 15 is 0 Å². The van der Waals surface area contributed by atoms with Crippen LogP contribution in [0.4, 0.5) is 0 Å². The highest BCUT2D eigenvalue weighted by molar-refractivity contribution is 7.80. The van der Waals surface area contributed by atoms with Crippen molar-refractivity contribution >= 4 is 18.6 Å². The number of aliphatic carboxylic acids is 1. The first-order valence-electron chi connectivity index (χ1n) is 4.54. The Morgan fingerprint density at radius 3 is 2.50 bits per heavy atom. The molecule has 0 aliphatic carbocycles. The van der Waals surface area contributed by atoms with Gasteiger partial charge in [-0.3, -0.25) is 0 Å². The molecule has 0 aromatic carbocycles. The summed E-state index contributed by atoms with van der Waals surface area (Å²) < 4.78 is 0. The average molecular weight is 189 g/mol. The number of carbonyl (C=O) groups is 1. The van der Waals surface area contributed by atoms with E-state index in [9.17, 15) is 9.90 Å². The molecule has 0 aromatic rings. The fraction of sp³-hybridized carbons (Fsp3) is 0.889. The third-order valence-corrected chi connectivity index (χ3v) is 2.33. The topological polar surface area (TPSA) is 40.1 Å². The van der Waals surface area contributed by atoms with Crippen LogP contribution in [0.2, 0.25) is 0 Å². The third-order valence-electron chi connectivity index (χ3n) is 1.81. The largest absolute Gasteiger partial charge is 0.550 e. The van der Waals surface area contributed by atoms with Gasteiger partial charge in [0.05, 0.1) is 0 Å². The molecule has 72 valence electrons. The normalized spacial score (nSPS) is 12.8. The molecule has 3 heteroatoms. The van der Waals surface area contributed by atoms with Crippen molar-refractivity contribution in [1.82, 2.24) is 0 Å². The van der Waals surface area contributed by atoms with E-state index in [4.69, 9.17) is 0 Å². The van der Waals surface area contributed by atoms with Gasteiger partial charge in [0.25, 0.3) is 0 Å². The van der Waals surface area contributed by atoms with Gasteiger partial charge in [0.15, 0.2) is 0 Å². The highest BCUT2D eigenvalue weighted by Gasteiger charge is 2.01.